The van der Waals surface area contributed by atoms with Gasteiger partial charge in [-0.15, -0.1) is 0 Å². The van der Waals surface area contributed by atoms with E-state index >= 15 is 0 Å². The fourth-order valence-corrected chi connectivity index (χ4v) is 2.55. The van der Waals surface area contributed by atoms with Gasteiger partial charge in [-0.1, -0.05) is 17.7 Å². The quantitative estimate of drug-likeness (QED) is 0.888. The molecule has 0 radical (unpaired) electrons. The van der Waals surface area contributed by atoms with Crippen LogP contribution in [0.3, 0.4) is 0 Å². The first-order valence-corrected chi connectivity index (χ1v) is 6.49. The van der Waals surface area contributed by atoms with Crippen LogP contribution in [0.15, 0.2) is 18.2 Å². The van der Waals surface area contributed by atoms with Crippen molar-refractivity contribution < 1.29 is 4.74 Å². The summed E-state index contributed by atoms with van der Waals surface area (Å²) in [5.41, 5.74) is 1.22. The van der Waals surface area contributed by atoms with Gasteiger partial charge in [0.2, 0.25) is 0 Å². The number of nitrogens with one attached hydrogen (secondary N) is 1. The van der Waals surface area contributed by atoms with Gasteiger partial charge >= 0.3 is 0 Å². The topological polar surface area (TPSA) is 45.0 Å². The zero-order chi connectivity index (χ0) is 13.2. The van der Waals surface area contributed by atoms with Crippen molar-refractivity contribution in [1.29, 1.82) is 5.26 Å². The fourth-order valence-electron chi connectivity index (χ4n) is 2.33. The third kappa shape index (κ3) is 2.95. The van der Waals surface area contributed by atoms with E-state index in [-0.39, 0.29) is 5.60 Å². The van der Waals surface area contributed by atoms with E-state index in [2.05, 4.69) is 25.2 Å². The minimum absolute atomic E-state index is 0.110. The van der Waals surface area contributed by atoms with Crippen LogP contribution in [0.25, 0.3) is 0 Å². The fraction of sp³-hybridized carbons (Fsp3) is 0.500. The van der Waals surface area contributed by atoms with E-state index in [9.17, 15) is 0 Å². The van der Waals surface area contributed by atoms with Gasteiger partial charge in [0.1, 0.15) is 6.07 Å². The predicted octanol–water partition coefficient (Wildman–Crippen LogP) is 3.58. The number of hydrogen-bond acceptors (Lipinski definition) is 3. The van der Waals surface area contributed by atoms with E-state index in [0.717, 1.165) is 25.1 Å². The molecule has 96 valence electrons. The summed E-state index contributed by atoms with van der Waals surface area (Å²) in [5, 5.41) is 13.0. The Morgan fingerprint density at radius 2 is 2.28 bits per heavy atom. The average molecular weight is 265 g/mol. The highest BCUT2D eigenvalue weighted by molar-refractivity contribution is 6.32. The van der Waals surface area contributed by atoms with Gasteiger partial charge in [0.25, 0.3) is 0 Å². The molecule has 1 aliphatic heterocycles. The summed E-state index contributed by atoms with van der Waals surface area (Å²) in [5.74, 6) is 0. The normalized spacial score (nSPS) is 22.2. The summed E-state index contributed by atoms with van der Waals surface area (Å²) in [4.78, 5) is 0. The zero-order valence-corrected chi connectivity index (χ0v) is 11.4. The van der Waals surface area contributed by atoms with Gasteiger partial charge in [-0.05, 0) is 38.8 Å². The highest BCUT2D eigenvalue weighted by Gasteiger charge is 2.29. The lowest BCUT2D eigenvalue weighted by Gasteiger charge is -2.36. The van der Waals surface area contributed by atoms with Gasteiger partial charge in [0, 0.05) is 12.6 Å². The van der Waals surface area contributed by atoms with Crippen molar-refractivity contribution in [3.8, 4) is 6.07 Å². The molecule has 18 heavy (non-hydrogen) atoms. The monoisotopic (exact) mass is 264 g/mol. The second kappa shape index (κ2) is 5.17. The summed E-state index contributed by atoms with van der Waals surface area (Å²) in [6.45, 7) is 4.92. The second-order valence-electron chi connectivity index (χ2n) is 5.22. The van der Waals surface area contributed by atoms with Crippen LogP contribution in [0, 0.1) is 11.3 Å². The van der Waals surface area contributed by atoms with Crippen LogP contribution in [0.4, 0.5) is 5.69 Å². The molecule has 1 aromatic carbocycles. The number of hydrogen-bond donors (Lipinski definition) is 1. The lowest BCUT2D eigenvalue weighted by molar-refractivity contribution is -0.0553. The van der Waals surface area contributed by atoms with E-state index < -0.39 is 0 Å². The summed E-state index contributed by atoms with van der Waals surface area (Å²) >= 11 is 6.02. The lowest BCUT2D eigenvalue weighted by atomic mass is 9.93. The molecular formula is C14H17ClN2O. The summed E-state index contributed by atoms with van der Waals surface area (Å²) < 4.78 is 5.68. The van der Waals surface area contributed by atoms with Crippen LogP contribution in [0.1, 0.15) is 32.3 Å². The molecule has 0 aromatic heterocycles. The molecule has 1 saturated heterocycles. The third-order valence-corrected chi connectivity index (χ3v) is 3.50. The van der Waals surface area contributed by atoms with Crippen LogP contribution in [0.2, 0.25) is 5.02 Å². The van der Waals surface area contributed by atoms with Gasteiger partial charge in [-0.3, -0.25) is 0 Å². The molecule has 0 saturated carbocycles. The van der Waals surface area contributed by atoms with Crippen molar-refractivity contribution in [2.75, 3.05) is 11.9 Å². The standard InChI is InChI=1S/C14H17ClN2O/c1-14(2)8-10(6-7-18-14)17-13-5-3-4-12(15)11(13)9-16/h3-5,10,17H,6-8H2,1-2H3. The van der Waals surface area contributed by atoms with Crippen molar-refractivity contribution in [1.82, 2.24) is 0 Å². The van der Waals surface area contributed by atoms with Crippen molar-refractivity contribution in [2.45, 2.75) is 38.3 Å². The van der Waals surface area contributed by atoms with Crippen molar-refractivity contribution >= 4 is 17.3 Å². The molecule has 0 amide bonds. The molecule has 1 N–H and O–H groups in total. The number of rotatable bonds is 2. The van der Waals surface area contributed by atoms with Crippen LogP contribution in [-0.2, 0) is 4.74 Å². The van der Waals surface area contributed by atoms with Crippen molar-refractivity contribution in [2.24, 2.45) is 0 Å². The Balaban J connectivity index is 2.15. The molecule has 0 bridgehead atoms. The van der Waals surface area contributed by atoms with Crippen LogP contribution < -0.4 is 5.32 Å². The highest BCUT2D eigenvalue weighted by atomic mass is 35.5. The van der Waals surface area contributed by atoms with Gasteiger partial charge < -0.3 is 10.1 Å². The Morgan fingerprint density at radius 1 is 1.50 bits per heavy atom. The molecule has 0 aliphatic carbocycles. The van der Waals surface area contributed by atoms with E-state index in [4.69, 9.17) is 21.6 Å². The average Bonchev–Trinajstić information content (AvgIpc) is 2.28. The SMILES string of the molecule is CC1(C)CC(Nc2cccc(Cl)c2C#N)CCO1. The number of nitriles is 1. The zero-order valence-electron chi connectivity index (χ0n) is 10.7. The first-order chi connectivity index (χ1) is 8.52. The molecule has 1 aliphatic rings. The first-order valence-electron chi connectivity index (χ1n) is 6.11. The lowest BCUT2D eigenvalue weighted by Crippen LogP contribution is -2.40. The Morgan fingerprint density at radius 3 is 2.94 bits per heavy atom. The molecule has 2 rings (SSSR count). The van der Waals surface area contributed by atoms with Crippen molar-refractivity contribution in [3.05, 3.63) is 28.8 Å². The molecule has 1 heterocycles. The molecule has 1 unspecified atom stereocenters. The Bertz CT molecular complexity index is 479. The number of ether oxygens (including phenoxy) is 1. The minimum atomic E-state index is -0.110. The molecule has 4 heteroatoms. The highest BCUT2D eigenvalue weighted by Crippen LogP contribution is 2.29. The summed E-state index contributed by atoms with van der Waals surface area (Å²) in [6.07, 6.45) is 1.87. The Kier molecular flexibility index (Phi) is 3.79. The molecule has 1 atom stereocenters. The number of halogens is 1. The van der Waals surface area contributed by atoms with E-state index in [0.29, 0.717) is 16.6 Å². The Labute approximate surface area is 113 Å². The van der Waals surface area contributed by atoms with Gasteiger partial charge in [-0.2, -0.15) is 5.26 Å². The van der Waals surface area contributed by atoms with Gasteiger partial charge in [0.15, 0.2) is 0 Å². The Hall–Kier alpha value is -1.24. The number of anilines is 1. The molecular weight excluding hydrogens is 248 g/mol. The minimum Gasteiger partial charge on any atom is -0.381 e. The molecule has 1 fully saturated rings. The van der Waals surface area contributed by atoms with Crippen LogP contribution >= 0.6 is 11.6 Å². The maximum Gasteiger partial charge on any atom is 0.103 e. The summed E-state index contributed by atoms with van der Waals surface area (Å²) in [7, 11) is 0. The predicted molar refractivity (Wildman–Crippen MR) is 72.8 cm³/mol. The smallest absolute Gasteiger partial charge is 0.103 e. The molecule has 3 nitrogen and oxygen atoms in total. The molecule has 0 spiro atoms. The maximum absolute atomic E-state index is 9.13. The first kappa shape index (κ1) is 13.2. The third-order valence-electron chi connectivity index (χ3n) is 3.18. The van der Waals surface area contributed by atoms with Crippen molar-refractivity contribution in [3.63, 3.8) is 0 Å². The van der Waals surface area contributed by atoms with Crippen LogP contribution in [-0.4, -0.2) is 18.2 Å². The molecule has 1 aromatic rings. The summed E-state index contributed by atoms with van der Waals surface area (Å²) in [6, 6.07) is 7.96. The van der Waals surface area contributed by atoms with Crippen LogP contribution in [0.5, 0.6) is 0 Å². The largest absolute Gasteiger partial charge is 0.381 e. The van der Waals surface area contributed by atoms with E-state index in [1.54, 1.807) is 6.07 Å². The maximum atomic E-state index is 9.13. The number of benzene rings is 1. The van der Waals surface area contributed by atoms with Gasteiger partial charge in [-0.25, -0.2) is 0 Å². The second-order valence-corrected chi connectivity index (χ2v) is 5.62. The number of nitrogens with zero attached hydrogens (tertiary/aromatic N) is 1. The van der Waals surface area contributed by atoms with E-state index in [1.807, 2.05) is 12.1 Å². The van der Waals surface area contributed by atoms with Gasteiger partial charge in [0.05, 0.1) is 21.9 Å². The van der Waals surface area contributed by atoms with E-state index in [1.165, 1.54) is 0 Å².